The third kappa shape index (κ3) is 5.47. The predicted octanol–water partition coefficient (Wildman–Crippen LogP) is 5.47. The average molecular weight is 304 g/mol. The van der Waals surface area contributed by atoms with Gasteiger partial charge in [-0.25, -0.2) is 0 Å². The first kappa shape index (κ1) is 18.7. The van der Waals surface area contributed by atoms with E-state index in [1.165, 1.54) is 6.42 Å². The molecule has 22 heavy (non-hydrogen) atoms. The van der Waals surface area contributed by atoms with E-state index in [1.807, 2.05) is 19.1 Å². The second-order valence-electron chi connectivity index (χ2n) is 7.42. The molecule has 1 saturated carbocycles. The molecule has 2 atom stereocenters. The van der Waals surface area contributed by atoms with Crippen LogP contribution in [0.2, 0.25) is 0 Å². The summed E-state index contributed by atoms with van der Waals surface area (Å²) in [5.74, 6) is 2.87. The summed E-state index contributed by atoms with van der Waals surface area (Å²) in [5.41, 5.74) is 2.13. The highest BCUT2D eigenvalue weighted by Crippen LogP contribution is 2.30. The van der Waals surface area contributed by atoms with Crippen LogP contribution < -0.4 is 0 Å². The number of Topliss-reactive ketones (excluding diaryl/α,β-unsaturated/α-hetero) is 1. The maximum absolute atomic E-state index is 11.4. The molecule has 1 aliphatic carbocycles. The van der Waals surface area contributed by atoms with Gasteiger partial charge in [0.25, 0.3) is 0 Å². The van der Waals surface area contributed by atoms with Crippen molar-refractivity contribution >= 4 is 5.78 Å². The molecule has 0 spiro atoms. The molecule has 0 radical (unpaired) electrons. The molecule has 2 heteroatoms. The number of rotatable bonds is 2. The molecule has 0 aromatic heterocycles. The minimum absolute atomic E-state index is 0.367. The lowest BCUT2D eigenvalue weighted by Crippen LogP contribution is -2.27. The Kier molecular flexibility index (Phi) is 7.12. The smallest absolute Gasteiger partial charge is 0.136 e. The zero-order chi connectivity index (χ0) is 16.9. The van der Waals surface area contributed by atoms with Gasteiger partial charge in [0.05, 0.1) is 0 Å². The summed E-state index contributed by atoms with van der Waals surface area (Å²) in [6.45, 7) is 12.6. The Hall–Kier alpha value is -1.31. The molecule has 1 aliphatic rings. The number of phenols is 1. The van der Waals surface area contributed by atoms with E-state index in [1.54, 1.807) is 6.07 Å². The molecule has 1 N–H and O–H groups in total. The summed E-state index contributed by atoms with van der Waals surface area (Å²) in [6.07, 6.45) is 3.19. The Morgan fingerprint density at radius 1 is 1.14 bits per heavy atom. The predicted molar refractivity (Wildman–Crippen MR) is 93.3 cm³/mol. The highest BCUT2D eigenvalue weighted by atomic mass is 16.3. The molecule has 1 fully saturated rings. The molecule has 0 heterocycles. The molecule has 0 bridgehead atoms. The van der Waals surface area contributed by atoms with Gasteiger partial charge >= 0.3 is 0 Å². The quantitative estimate of drug-likeness (QED) is 0.786. The first-order valence-corrected chi connectivity index (χ1v) is 8.54. The van der Waals surface area contributed by atoms with Crippen molar-refractivity contribution in [2.24, 2.45) is 17.8 Å². The van der Waals surface area contributed by atoms with Gasteiger partial charge in [0.2, 0.25) is 0 Å². The summed E-state index contributed by atoms with van der Waals surface area (Å²) in [7, 11) is 0. The fourth-order valence-electron chi connectivity index (χ4n) is 3.07. The van der Waals surface area contributed by atoms with Gasteiger partial charge in [-0.1, -0.05) is 46.8 Å². The average Bonchev–Trinajstić information content (AvgIpc) is 2.38. The fraction of sp³-hybridized carbons (Fsp3) is 0.650. The van der Waals surface area contributed by atoms with E-state index in [-0.39, 0.29) is 0 Å². The van der Waals surface area contributed by atoms with Gasteiger partial charge in [0.1, 0.15) is 11.5 Å². The van der Waals surface area contributed by atoms with E-state index >= 15 is 0 Å². The van der Waals surface area contributed by atoms with Crippen molar-refractivity contribution in [3.63, 3.8) is 0 Å². The highest BCUT2D eigenvalue weighted by Gasteiger charge is 2.27. The van der Waals surface area contributed by atoms with Gasteiger partial charge in [-0.15, -0.1) is 0 Å². The van der Waals surface area contributed by atoms with Gasteiger partial charge in [-0.3, -0.25) is 4.79 Å². The minimum Gasteiger partial charge on any atom is -0.508 e. The van der Waals surface area contributed by atoms with Crippen LogP contribution in [0.1, 0.15) is 70.9 Å². The SMILES string of the molecule is CC(C)[C@H]1CC[C@H](C)CC1=O.Cc1ccc(C(C)C)c(O)c1. The van der Waals surface area contributed by atoms with Crippen molar-refractivity contribution in [2.75, 3.05) is 0 Å². The minimum atomic E-state index is 0.367. The van der Waals surface area contributed by atoms with E-state index in [0.717, 1.165) is 24.0 Å². The van der Waals surface area contributed by atoms with E-state index in [9.17, 15) is 9.90 Å². The second kappa shape index (κ2) is 8.36. The third-order valence-electron chi connectivity index (χ3n) is 4.55. The molecular weight excluding hydrogens is 272 g/mol. The number of hydrogen-bond acceptors (Lipinski definition) is 2. The lowest BCUT2D eigenvalue weighted by Gasteiger charge is -2.27. The van der Waals surface area contributed by atoms with E-state index in [4.69, 9.17) is 0 Å². The molecule has 0 amide bonds. The van der Waals surface area contributed by atoms with E-state index in [0.29, 0.717) is 35.2 Å². The van der Waals surface area contributed by atoms with Crippen molar-refractivity contribution in [1.82, 2.24) is 0 Å². The third-order valence-corrected chi connectivity index (χ3v) is 4.55. The van der Waals surface area contributed by atoms with E-state index < -0.39 is 0 Å². The number of aromatic hydroxyl groups is 1. The molecule has 2 rings (SSSR count). The molecule has 1 aromatic rings. The van der Waals surface area contributed by atoms with Gasteiger partial charge < -0.3 is 5.11 Å². The van der Waals surface area contributed by atoms with Crippen LogP contribution in [0.25, 0.3) is 0 Å². The molecule has 124 valence electrons. The van der Waals surface area contributed by atoms with Crippen LogP contribution in [-0.2, 0) is 4.79 Å². The van der Waals surface area contributed by atoms with E-state index in [2.05, 4.69) is 34.6 Å². The molecule has 0 saturated heterocycles. The largest absolute Gasteiger partial charge is 0.508 e. The van der Waals surface area contributed by atoms with Crippen molar-refractivity contribution < 1.29 is 9.90 Å². The lowest BCUT2D eigenvalue weighted by atomic mass is 9.77. The first-order valence-electron chi connectivity index (χ1n) is 8.54. The van der Waals surface area contributed by atoms with Crippen LogP contribution >= 0.6 is 0 Å². The standard InChI is InChI=1S/C10H18O.C10H14O/c2*1-7(2)9-5-4-8(3)6-10(9)11/h7-9H,4-6H2,1-3H3;4-7,11H,1-3H3/t8-,9+;/m0./s1. The zero-order valence-electron chi connectivity index (χ0n) is 15.0. The Labute approximate surface area is 135 Å². The number of hydrogen-bond donors (Lipinski definition) is 1. The maximum atomic E-state index is 11.4. The van der Waals surface area contributed by atoms with Crippen LogP contribution in [0.3, 0.4) is 0 Å². The Balaban J connectivity index is 0.000000220. The Bertz CT molecular complexity index is 488. The van der Waals surface area contributed by atoms with Crippen LogP contribution in [0.4, 0.5) is 0 Å². The van der Waals surface area contributed by atoms with Gasteiger partial charge in [0, 0.05) is 12.3 Å². The topological polar surface area (TPSA) is 37.3 Å². The number of phenolic OH excluding ortho intramolecular Hbond substituents is 1. The van der Waals surface area contributed by atoms with Crippen LogP contribution in [0, 0.1) is 24.7 Å². The zero-order valence-corrected chi connectivity index (χ0v) is 15.0. The number of benzene rings is 1. The van der Waals surface area contributed by atoms with Crippen LogP contribution in [0.15, 0.2) is 18.2 Å². The maximum Gasteiger partial charge on any atom is 0.136 e. The fourth-order valence-corrected chi connectivity index (χ4v) is 3.07. The first-order chi connectivity index (χ1) is 10.2. The Morgan fingerprint density at radius 2 is 1.77 bits per heavy atom. The number of carbonyl (C=O) groups is 1. The number of ketones is 1. The molecule has 0 aliphatic heterocycles. The van der Waals surface area contributed by atoms with Crippen molar-refractivity contribution in [2.45, 2.75) is 66.7 Å². The van der Waals surface area contributed by atoms with Crippen molar-refractivity contribution in [1.29, 1.82) is 0 Å². The summed E-state index contributed by atoms with van der Waals surface area (Å²) >= 11 is 0. The van der Waals surface area contributed by atoms with Crippen LogP contribution in [0.5, 0.6) is 5.75 Å². The normalized spacial score (nSPS) is 21.7. The summed E-state index contributed by atoms with van der Waals surface area (Å²) < 4.78 is 0. The highest BCUT2D eigenvalue weighted by molar-refractivity contribution is 5.82. The molecule has 1 aromatic carbocycles. The van der Waals surface area contributed by atoms with Gasteiger partial charge in [0.15, 0.2) is 0 Å². The number of aryl methyl sites for hydroxylation is 1. The molecule has 2 nitrogen and oxygen atoms in total. The number of carbonyl (C=O) groups excluding carboxylic acids is 1. The summed E-state index contributed by atoms with van der Waals surface area (Å²) in [6, 6.07) is 5.81. The summed E-state index contributed by atoms with van der Waals surface area (Å²) in [4.78, 5) is 11.4. The molecule has 0 unspecified atom stereocenters. The lowest BCUT2D eigenvalue weighted by molar-refractivity contribution is -0.127. The van der Waals surface area contributed by atoms with Gasteiger partial charge in [-0.05, 0) is 54.7 Å². The molecular formula is C20H32O2. The van der Waals surface area contributed by atoms with Crippen molar-refractivity contribution in [3.8, 4) is 5.75 Å². The van der Waals surface area contributed by atoms with Crippen LogP contribution in [-0.4, -0.2) is 10.9 Å². The van der Waals surface area contributed by atoms with Gasteiger partial charge in [-0.2, -0.15) is 0 Å². The second-order valence-corrected chi connectivity index (χ2v) is 7.42. The van der Waals surface area contributed by atoms with Crippen molar-refractivity contribution in [3.05, 3.63) is 29.3 Å². The monoisotopic (exact) mass is 304 g/mol. The Morgan fingerprint density at radius 3 is 2.23 bits per heavy atom. The summed E-state index contributed by atoms with van der Waals surface area (Å²) in [5, 5.41) is 9.46.